The Morgan fingerprint density at radius 3 is 2.67 bits per heavy atom. The molecule has 1 rings (SSSR count). The van der Waals surface area contributed by atoms with Crippen LogP contribution < -0.4 is 5.32 Å². The summed E-state index contributed by atoms with van der Waals surface area (Å²) in [5.41, 5.74) is 0. The molecule has 0 aliphatic rings. The third-order valence-corrected chi connectivity index (χ3v) is 2.34. The number of hydrogen-bond donors (Lipinski definition) is 2. The summed E-state index contributed by atoms with van der Waals surface area (Å²) in [5.74, 6) is 0.863. The van der Waals surface area contributed by atoms with Crippen LogP contribution in [0.3, 0.4) is 0 Å². The average molecular weight is 229 g/mol. The summed E-state index contributed by atoms with van der Waals surface area (Å²) in [7, 11) is 0. The Balaban J connectivity index is 2.07. The molecule has 0 amide bonds. The van der Waals surface area contributed by atoms with Gasteiger partial charge in [-0.05, 0) is 25.0 Å². The first-order valence-corrected chi connectivity index (χ1v) is 5.67. The van der Waals surface area contributed by atoms with Gasteiger partial charge in [0.1, 0.15) is 5.82 Å². The number of rotatable bonds is 7. The number of aliphatic hydroxyl groups excluding tert-OH is 1. The zero-order chi connectivity index (χ0) is 10.9. The molecule has 0 saturated carbocycles. The molecule has 0 aliphatic carbocycles. The van der Waals surface area contributed by atoms with Gasteiger partial charge in [-0.1, -0.05) is 24.4 Å². The number of anilines is 1. The van der Waals surface area contributed by atoms with Crippen LogP contribution in [0.25, 0.3) is 0 Å². The summed E-state index contributed by atoms with van der Waals surface area (Å²) in [4.78, 5) is 4.13. The van der Waals surface area contributed by atoms with Crippen molar-refractivity contribution >= 4 is 17.4 Å². The van der Waals surface area contributed by atoms with Crippen LogP contribution in [0.4, 0.5) is 5.82 Å². The Morgan fingerprint density at radius 2 is 2.00 bits per heavy atom. The van der Waals surface area contributed by atoms with E-state index in [0.717, 1.165) is 38.0 Å². The van der Waals surface area contributed by atoms with E-state index in [-0.39, 0.29) is 0 Å². The van der Waals surface area contributed by atoms with E-state index in [0.29, 0.717) is 11.6 Å². The van der Waals surface area contributed by atoms with E-state index in [1.165, 1.54) is 0 Å². The summed E-state index contributed by atoms with van der Waals surface area (Å²) in [6.07, 6.45) is 5.87. The summed E-state index contributed by atoms with van der Waals surface area (Å²) in [5, 5.41) is 12.5. The Hall–Kier alpha value is -0.800. The van der Waals surface area contributed by atoms with Crippen LogP contribution in [-0.2, 0) is 0 Å². The van der Waals surface area contributed by atoms with Crippen LogP contribution in [0.1, 0.15) is 25.7 Å². The number of hydrogen-bond acceptors (Lipinski definition) is 3. The molecule has 0 aliphatic heterocycles. The fraction of sp³-hybridized carbons (Fsp3) is 0.545. The quantitative estimate of drug-likeness (QED) is 0.706. The number of nitrogens with one attached hydrogen (secondary N) is 1. The van der Waals surface area contributed by atoms with E-state index >= 15 is 0 Å². The maximum absolute atomic E-state index is 8.59. The predicted molar refractivity (Wildman–Crippen MR) is 63.3 cm³/mol. The minimum atomic E-state index is 0.298. The minimum absolute atomic E-state index is 0.298. The van der Waals surface area contributed by atoms with Gasteiger partial charge < -0.3 is 10.4 Å². The topological polar surface area (TPSA) is 45.1 Å². The highest BCUT2D eigenvalue weighted by Gasteiger charge is 1.93. The van der Waals surface area contributed by atoms with Crippen molar-refractivity contribution in [3.63, 3.8) is 0 Å². The van der Waals surface area contributed by atoms with Crippen molar-refractivity contribution in [3.05, 3.63) is 23.4 Å². The van der Waals surface area contributed by atoms with E-state index in [2.05, 4.69) is 10.3 Å². The van der Waals surface area contributed by atoms with Crippen LogP contribution in [0.2, 0.25) is 5.02 Å². The third-order valence-electron chi connectivity index (χ3n) is 2.12. The van der Waals surface area contributed by atoms with Gasteiger partial charge in [0.15, 0.2) is 0 Å². The number of halogens is 1. The lowest BCUT2D eigenvalue weighted by Gasteiger charge is -2.04. The first-order chi connectivity index (χ1) is 7.33. The van der Waals surface area contributed by atoms with E-state index in [9.17, 15) is 0 Å². The lowest BCUT2D eigenvalue weighted by molar-refractivity contribution is 0.283. The SMILES string of the molecule is OCCCCCCNc1ccc(Cl)cn1. The molecule has 0 spiro atoms. The molecule has 0 aromatic carbocycles. The second kappa shape index (κ2) is 7.49. The van der Waals surface area contributed by atoms with Crippen molar-refractivity contribution in [2.75, 3.05) is 18.5 Å². The largest absolute Gasteiger partial charge is 0.396 e. The van der Waals surface area contributed by atoms with Gasteiger partial charge in [-0.3, -0.25) is 0 Å². The minimum Gasteiger partial charge on any atom is -0.396 e. The van der Waals surface area contributed by atoms with Crippen molar-refractivity contribution in [1.29, 1.82) is 0 Å². The fourth-order valence-corrected chi connectivity index (χ4v) is 1.40. The van der Waals surface area contributed by atoms with Gasteiger partial charge >= 0.3 is 0 Å². The zero-order valence-corrected chi connectivity index (χ0v) is 9.50. The number of pyridine rings is 1. The maximum Gasteiger partial charge on any atom is 0.125 e. The highest BCUT2D eigenvalue weighted by atomic mass is 35.5. The van der Waals surface area contributed by atoms with Gasteiger partial charge in [0.05, 0.1) is 5.02 Å². The molecule has 0 saturated heterocycles. The molecule has 1 aromatic rings. The number of nitrogens with zero attached hydrogens (tertiary/aromatic N) is 1. The van der Waals surface area contributed by atoms with Gasteiger partial charge in [0.2, 0.25) is 0 Å². The molecule has 0 radical (unpaired) electrons. The van der Waals surface area contributed by atoms with Crippen LogP contribution >= 0.6 is 11.6 Å². The Labute approximate surface area is 95.5 Å². The van der Waals surface area contributed by atoms with Crippen LogP contribution in [0.15, 0.2) is 18.3 Å². The summed E-state index contributed by atoms with van der Waals surface area (Å²) in [6, 6.07) is 3.69. The smallest absolute Gasteiger partial charge is 0.125 e. The van der Waals surface area contributed by atoms with Crippen molar-refractivity contribution < 1.29 is 5.11 Å². The first-order valence-electron chi connectivity index (χ1n) is 5.29. The molecule has 0 fully saturated rings. The molecule has 84 valence electrons. The Bertz CT molecular complexity index is 264. The third kappa shape index (κ3) is 5.60. The maximum atomic E-state index is 8.59. The molecular weight excluding hydrogens is 212 g/mol. The molecule has 0 unspecified atom stereocenters. The van der Waals surface area contributed by atoms with Crippen LogP contribution in [-0.4, -0.2) is 23.2 Å². The Kier molecular flexibility index (Phi) is 6.12. The number of aromatic nitrogens is 1. The monoisotopic (exact) mass is 228 g/mol. The lowest BCUT2D eigenvalue weighted by atomic mass is 10.2. The highest BCUT2D eigenvalue weighted by molar-refractivity contribution is 6.30. The van der Waals surface area contributed by atoms with Crippen LogP contribution in [0.5, 0.6) is 0 Å². The number of unbranched alkanes of at least 4 members (excludes halogenated alkanes) is 3. The average Bonchev–Trinajstić information content (AvgIpc) is 2.26. The highest BCUT2D eigenvalue weighted by Crippen LogP contribution is 2.09. The molecule has 4 heteroatoms. The predicted octanol–water partition coefficient (Wildman–Crippen LogP) is 2.70. The van der Waals surface area contributed by atoms with Crippen molar-refractivity contribution in [2.24, 2.45) is 0 Å². The van der Waals surface area contributed by atoms with Crippen molar-refractivity contribution in [3.8, 4) is 0 Å². The van der Waals surface area contributed by atoms with E-state index < -0.39 is 0 Å². The summed E-state index contributed by atoms with van der Waals surface area (Å²) >= 11 is 5.72. The Morgan fingerprint density at radius 1 is 1.20 bits per heavy atom. The summed E-state index contributed by atoms with van der Waals surface area (Å²) < 4.78 is 0. The van der Waals surface area contributed by atoms with Crippen molar-refractivity contribution in [2.45, 2.75) is 25.7 Å². The zero-order valence-electron chi connectivity index (χ0n) is 8.75. The standard InChI is InChI=1S/C11H17ClN2O/c12-10-5-6-11(14-9-10)13-7-3-1-2-4-8-15/h5-6,9,15H,1-4,7-8H2,(H,13,14). The molecular formula is C11H17ClN2O. The molecule has 1 heterocycles. The van der Waals surface area contributed by atoms with E-state index in [4.69, 9.17) is 16.7 Å². The first kappa shape index (κ1) is 12.3. The molecule has 0 atom stereocenters. The molecule has 3 nitrogen and oxygen atoms in total. The molecule has 0 bridgehead atoms. The second-order valence-electron chi connectivity index (χ2n) is 3.43. The summed E-state index contributed by atoms with van der Waals surface area (Å²) in [6.45, 7) is 1.21. The van der Waals surface area contributed by atoms with Gasteiger partial charge in [0, 0.05) is 19.3 Å². The van der Waals surface area contributed by atoms with Gasteiger partial charge in [-0.25, -0.2) is 4.98 Å². The van der Waals surface area contributed by atoms with E-state index in [1.54, 1.807) is 6.20 Å². The molecule has 2 N–H and O–H groups in total. The van der Waals surface area contributed by atoms with Gasteiger partial charge in [0.25, 0.3) is 0 Å². The van der Waals surface area contributed by atoms with Crippen LogP contribution in [0, 0.1) is 0 Å². The van der Waals surface area contributed by atoms with Crippen molar-refractivity contribution in [1.82, 2.24) is 4.98 Å². The number of aliphatic hydroxyl groups is 1. The van der Waals surface area contributed by atoms with Gasteiger partial charge in [-0.2, -0.15) is 0 Å². The molecule has 15 heavy (non-hydrogen) atoms. The fourth-order valence-electron chi connectivity index (χ4n) is 1.29. The molecule has 1 aromatic heterocycles. The lowest BCUT2D eigenvalue weighted by Crippen LogP contribution is -2.02. The van der Waals surface area contributed by atoms with Gasteiger partial charge in [-0.15, -0.1) is 0 Å². The second-order valence-corrected chi connectivity index (χ2v) is 3.86. The normalized spacial score (nSPS) is 10.3. The van der Waals surface area contributed by atoms with E-state index in [1.807, 2.05) is 12.1 Å².